The number of aromatic carboxylic acids is 1. The van der Waals surface area contributed by atoms with Gasteiger partial charge in [-0.2, -0.15) is 0 Å². The van der Waals surface area contributed by atoms with Crippen LogP contribution in [0.15, 0.2) is 12.1 Å². The standard InChI is InChI=1S/C12H17N3O2/c1-2-15(9-5-3-4-6-9)11-8-7-10(12(16)17)13-14-11/h7-9H,2-6H2,1H3,(H,16,17). The summed E-state index contributed by atoms with van der Waals surface area (Å²) in [5.74, 6) is -0.252. The van der Waals surface area contributed by atoms with E-state index in [0.29, 0.717) is 6.04 Å². The van der Waals surface area contributed by atoms with Crippen molar-refractivity contribution in [3.8, 4) is 0 Å². The Morgan fingerprint density at radius 2 is 2.12 bits per heavy atom. The first-order chi connectivity index (χ1) is 8.22. The van der Waals surface area contributed by atoms with Gasteiger partial charge in [0.15, 0.2) is 11.5 Å². The first kappa shape index (κ1) is 11.8. The lowest BCUT2D eigenvalue weighted by atomic mass is 10.2. The lowest BCUT2D eigenvalue weighted by Gasteiger charge is -2.28. The topological polar surface area (TPSA) is 66.3 Å². The molecular weight excluding hydrogens is 218 g/mol. The van der Waals surface area contributed by atoms with Crippen molar-refractivity contribution in [2.45, 2.75) is 38.6 Å². The first-order valence-electron chi connectivity index (χ1n) is 6.06. The Morgan fingerprint density at radius 3 is 2.59 bits per heavy atom. The van der Waals surface area contributed by atoms with Crippen molar-refractivity contribution in [3.63, 3.8) is 0 Å². The lowest BCUT2D eigenvalue weighted by molar-refractivity contribution is 0.0689. The van der Waals surface area contributed by atoms with Gasteiger partial charge in [0, 0.05) is 12.6 Å². The molecule has 1 aliphatic carbocycles. The minimum absolute atomic E-state index is 0.00350. The van der Waals surface area contributed by atoms with Crippen LogP contribution in [0.25, 0.3) is 0 Å². The molecule has 0 atom stereocenters. The SMILES string of the molecule is CCN(c1ccc(C(=O)O)nn1)C1CCCC1. The zero-order valence-corrected chi connectivity index (χ0v) is 9.96. The van der Waals surface area contributed by atoms with Crippen LogP contribution < -0.4 is 4.90 Å². The molecule has 1 aliphatic rings. The summed E-state index contributed by atoms with van der Waals surface area (Å²) in [5, 5.41) is 16.5. The fourth-order valence-electron chi connectivity index (χ4n) is 2.42. The molecule has 0 aromatic carbocycles. The van der Waals surface area contributed by atoms with Crippen molar-refractivity contribution < 1.29 is 9.90 Å². The molecular formula is C12H17N3O2. The molecule has 92 valence electrons. The third-order valence-corrected chi connectivity index (χ3v) is 3.27. The summed E-state index contributed by atoms with van der Waals surface area (Å²) < 4.78 is 0. The normalized spacial score (nSPS) is 16.1. The van der Waals surface area contributed by atoms with Crippen LogP contribution in [0.3, 0.4) is 0 Å². The van der Waals surface area contributed by atoms with E-state index in [2.05, 4.69) is 22.0 Å². The van der Waals surface area contributed by atoms with E-state index < -0.39 is 5.97 Å². The lowest BCUT2D eigenvalue weighted by Crippen LogP contribution is -2.33. The van der Waals surface area contributed by atoms with Crippen LogP contribution in [0.4, 0.5) is 5.82 Å². The van der Waals surface area contributed by atoms with Crippen LogP contribution in [0.1, 0.15) is 43.1 Å². The van der Waals surface area contributed by atoms with Crippen molar-refractivity contribution in [1.82, 2.24) is 10.2 Å². The highest BCUT2D eigenvalue weighted by Gasteiger charge is 2.22. The van der Waals surface area contributed by atoms with Gasteiger partial charge in [-0.25, -0.2) is 4.79 Å². The van der Waals surface area contributed by atoms with E-state index >= 15 is 0 Å². The van der Waals surface area contributed by atoms with E-state index in [1.54, 1.807) is 6.07 Å². The number of carboxylic acids is 1. The molecule has 1 saturated carbocycles. The molecule has 0 spiro atoms. The molecule has 0 unspecified atom stereocenters. The zero-order valence-electron chi connectivity index (χ0n) is 9.96. The second-order valence-corrected chi connectivity index (χ2v) is 4.31. The number of anilines is 1. The Labute approximate surface area is 100 Å². The fourth-order valence-corrected chi connectivity index (χ4v) is 2.42. The Hall–Kier alpha value is -1.65. The summed E-state index contributed by atoms with van der Waals surface area (Å²) in [7, 11) is 0. The van der Waals surface area contributed by atoms with Gasteiger partial charge in [0.2, 0.25) is 0 Å². The molecule has 1 aromatic heterocycles. The van der Waals surface area contributed by atoms with Gasteiger partial charge in [0.25, 0.3) is 0 Å². The molecule has 5 heteroatoms. The predicted molar refractivity (Wildman–Crippen MR) is 64.3 cm³/mol. The molecule has 1 fully saturated rings. The number of aromatic nitrogens is 2. The maximum absolute atomic E-state index is 10.7. The Morgan fingerprint density at radius 1 is 1.41 bits per heavy atom. The second kappa shape index (κ2) is 5.12. The molecule has 1 N–H and O–H groups in total. The molecule has 5 nitrogen and oxygen atoms in total. The Kier molecular flexibility index (Phi) is 3.56. The van der Waals surface area contributed by atoms with Crippen LogP contribution in [-0.2, 0) is 0 Å². The van der Waals surface area contributed by atoms with Crippen LogP contribution in [0.2, 0.25) is 0 Å². The van der Waals surface area contributed by atoms with E-state index in [4.69, 9.17) is 5.11 Å². The Balaban J connectivity index is 2.16. The van der Waals surface area contributed by atoms with Crippen molar-refractivity contribution in [2.24, 2.45) is 0 Å². The highest BCUT2D eigenvalue weighted by atomic mass is 16.4. The van der Waals surface area contributed by atoms with E-state index in [-0.39, 0.29) is 5.69 Å². The quantitative estimate of drug-likeness (QED) is 0.863. The first-order valence-corrected chi connectivity index (χ1v) is 6.06. The minimum atomic E-state index is -1.03. The van der Waals surface area contributed by atoms with Crippen LogP contribution in [0.5, 0.6) is 0 Å². The highest BCUT2D eigenvalue weighted by Crippen LogP contribution is 2.26. The van der Waals surface area contributed by atoms with Crippen molar-refractivity contribution in [1.29, 1.82) is 0 Å². The molecule has 2 rings (SSSR count). The summed E-state index contributed by atoms with van der Waals surface area (Å²) in [6.07, 6.45) is 4.91. The van der Waals surface area contributed by atoms with Crippen molar-refractivity contribution in [2.75, 3.05) is 11.4 Å². The van der Waals surface area contributed by atoms with Gasteiger partial charge in [-0.3, -0.25) is 0 Å². The number of rotatable bonds is 4. The van der Waals surface area contributed by atoms with Gasteiger partial charge >= 0.3 is 5.97 Å². The summed E-state index contributed by atoms with van der Waals surface area (Å²) in [5.41, 5.74) is -0.00350. The minimum Gasteiger partial charge on any atom is -0.476 e. The number of hydrogen-bond donors (Lipinski definition) is 1. The van der Waals surface area contributed by atoms with Crippen molar-refractivity contribution in [3.05, 3.63) is 17.8 Å². The average molecular weight is 235 g/mol. The van der Waals surface area contributed by atoms with Gasteiger partial charge in [0.05, 0.1) is 0 Å². The van der Waals surface area contributed by atoms with Crippen LogP contribution in [0, 0.1) is 0 Å². The molecule has 0 amide bonds. The zero-order chi connectivity index (χ0) is 12.3. The number of hydrogen-bond acceptors (Lipinski definition) is 4. The fraction of sp³-hybridized carbons (Fsp3) is 0.583. The van der Waals surface area contributed by atoms with Crippen LogP contribution in [-0.4, -0.2) is 33.9 Å². The molecule has 17 heavy (non-hydrogen) atoms. The molecule has 0 saturated heterocycles. The number of carbonyl (C=O) groups is 1. The van der Waals surface area contributed by atoms with E-state index in [0.717, 1.165) is 12.4 Å². The van der Waals surface area contributed by atoms with Gasteiger partial charge in [-0.1, -0.05) is 12.8 Å². The van der Waals surface area contributed by atoms with E-state index in [1.807, 2.05) is 0 Å². The maximum Gasteiger partial charge on any atom is 0.356 e. The largest absolute Gasteiger partial charge is 0.476 e. The molecule has 0 radical (unpaired) electrons. The van der Waals surface area contributed by atoms with Gasteiger partial charge in [-0.15, -0.1) is 10.2 Å². The summed E-state index contributed by atoms with van der Waals surface area (Å²) >= 11 is 0. The van der Waals surface area contributed by atoms with E-state index in [1.165, 1.54) is 31.7 Å². The number of nitrogens with zero attached hydrogens (tertiary/aromatic N) is 3. The second-order valence-electron chi connectivity index (χ2n) is 4.31. The summed E-state index contributed by atoms with van der Waals surface area (Å²) in [6, 6.07) is 3.80. The van der Waals surface area contributed by atoms with Crippen molar-refractivity contribution >= 4 is 11.8 Å². The number of carboxylic acid groups (broad SMARTS) is 1. The van der Waals surface area contributed by atoms with Gasteiger partial charge in [0.1, 0.15) is 0 Å². The predicted octanol–water partition coefficient (Wildman–Crippen LogP) is 1.94. The van der Waals surface area contributed by atoms with Crippen LogP contribution >= 0.6 is 0 Å². The molecule has 0 bridgehead atoms. The maximum atomic E-state index is 10.7. The van der Waals surface area contributed by atoms with E-state index in [9.17, 15) is 4.79 Å². The summed E-state index contributed by atoms with van der Waals surface area (Å²) in [4.78, 5) is 12.9. The highest BCUT2D eigenvalue weighted by molar-refractivity contribution is 5.85. The third-order valence-electron chi connectivity index (χ3n) is 3.27. The molecule has 0 aliphatic heterocycles. The molecule has 1 heterocycles. The molecule has 1 aromatic rings. The van der Waals surface area contributed by atoms with Gasteiger partial charge in [-0.05, 0) is 31.9 Å². The van der Waals surface area contributed by atoms with Gasteiger partial charge < -0.3 is 10.0 Å². The Bertz CT molecular complexity index is 385. The monoisotopic (exact) mass is 235 g/mol. The summed E-state index contributed by atoms with van der Waals surface area (Å²) in [6.45, 7) is 2.97. The smallest absolute Gasteiger partial charge is 0.356 e. The third kappa shape index (κ3) is 2.54. The average Bonchev–Trinajstić information content (AvgIpc) is 2.84.